The molecule has 1 unspecified atom stereocenters. The minimum absolute atomic E-state index is 0.0112. The van der Waals surface area contributed by atoms with Crippen LogP contribution in [0.25, 0.3) is 0 Å². The summed E-state index contributed by atoms with van der Waals surface area (Å²) in [4.78, 5) is 66.7. The molecule has 5 rings (SSSR count). The molecule has 2 bridgehead atoms. The van der Waals surface area contributed by atoms with Gasteiger partial charge in [0.15, 0.2) is 11.7 Å². The van der Waals surface area contributed by atoms with Gasteiger partial charge < -0.3 is 28.4 Å². The van der Waals surface area contributed by atoms with Crippen molar-refractivity contribution in [2.45, 2.75) is 109 Å². The van der Waals surface area contributed by atoms with Gasteiger partial charge in [-0.05, 0) is 52.7 Å². The monoisotopic (exact) mass is 586 g/mol. The van der Waals surface area contributed by atoms with Crippen LogP contribution in [0.15, 0.2) is 36.5 Å². The number of hydrogen-bond donors (Lipinski definition) is 0. The maximum Gasteiger partial charge on any atom is 0.344 e. The molecule has 1 saturated carbocycles. The molecule has 42 heavy (non-hydrogen) atoms. The molecule has 3 spiro atoms. The highest BCUT2D eigenvalue weighted by atomic mass is 16.7. The van der Waals surface area contributed by atoms with Crippen LogP contribution < -0.4 is 0 Å². The summed E-state index contributed by atoms with van der Waals surface area (Å²) >= 11 is 0. The van der Waals surface area contributed by atoms with Gasteiger partial charge in [-0.2, -0.15) is 0 Å². The van der Waals surface area contributed by atoms with Gasteiger partial charge in [0.1, 0.15) is 28.8 Å². The van der Waals surface area contributed by atoms with E-state index in [4.69, 9.17) is 28.4 Å². The second-order valence-electron chi connectivity index (χ2n) is 13.2. The van der Waals surface area contributed by atoms with E-state index in [1.165, 1.54) is 33.8 Å². The lowest BCUT2D eigenvalue weighted by atomic mass is 9.40. The van der Waals surface area contributed by atoms with Crippen molar-refractivity contribution >= 4 is 29.8 Å². The molecule has 1 aliphatic carbocycles. The Morgan fingerprint density at radius 2 is 1.52 bits per heavy atom. The molecule has 4 heterocycles. The summed E-state index contributed by atoms with van der Waals surface area (Å²) in [5.74, 6) is -3.70. The predicted octanol–water partition coefficient (Wildman–Crippen LogP) is 3.05. The third kappa shape index (κ3) is 2.93. The third-order valence-electron chi connectivity index (χ3n) is 11.1. The van der Waals surface area contributed by atoms with Gasteiger partial charge in [0.2, 0.25) is 5.60 Å². The lowest BCUT2D eigenvalue weighted by molar-refractivity contribution is -0.252. The average Bonchev–Trinajstić information content (AvgIpc) is 3.14. The second kappa shape index (κ2) is 8.33. The van der Waals surface area contributed by atoms with E-state index >= 15 is 0 Å². The topological polar surface area (TPSA) is 141 Å². The van der Waals surface area contributed by atoms with Crippen LogP contribution in [0.3, 0.4) is 0 Å². The molecule has 11 heteroatoms. The number of ether oxygens (including phenoxy) is 6. The van der Waals surface area contributed by atoms with Gasteiger partial charge in [-0.25, -0.2) is 9.59 Å². The lowest BCUT2D eigenvalue weighted by Gasteiger charge is -2.65. The smallest absolute Gasteiger partial charge is 0.344 e. The number of fused-ring (bicyclic) bond motifs is 1. The molecular formula is C31H38O11. The van der Waals surface area contributed by atoms with Gasteiger partial charge in [-0.3, -0.25) is 14.4 Å². The second-order valence-corrected chi connectivity index (χ2v) is 13.2. The Morgan fingerprint density at radius 3 is 2.05 bits per heavy atom. The summed E-state index contributed by atoms with van der Waals surface area (Å²) in [6.07, 6.45) is -0.965. The van der Waals surface area contributed by atoms with Crippen LogP contribution in [0.1, 0.15) is 68.7 Å². The van der Waals surface area contributed by atoms with Crippen LogP contribution in [0, 0.1) is 16.2 Å². The molecule has 9 atom stereocenters. The summed E-state index contributed by atoms with van der Waals surface area (Å²) in [5.41, 5.74) is -11.3. The van der Waals surface area contributed by atoms with Crippen molar-refractivity contribution in [3.63, 3.8) is 0 Å². The predicted molar refractivity (Wildman–Crippen MR) is 144 cm³/mol. The van der Waals surface area contributed by atoms with Crippen molar-refractivity contribution in [2.24, 2.45) is 16.2 Å². The molecule has 4 aliphatic heterocycles. The third-order valence-corrected chi connectivity index (χ3v) is 11.1. The van der Waals surface area contributed by atoms with Gasteiger partial charge in [-0.15, -0.1) is 0 Å². The zero-order valence-corrected chi connectivity index (χ0v) is 25.5. The first-order valence-electron chi connectivity index (χ1n) is 13.9. The number of cyclic esters (lactones) is 3. The fourth-order valence-corrected chi connectivity index (χ4v) is 8.52. The molecule has 0 aromatic rings. The van der Waals surface area contributed by atoms with Crippen molar-refractivity contribution < 1.29 is 52.4 Å². The van der Waals surface area contributed by atoms with Gasteiger partial charge in [0.25, 0.3) is 0 Å². The summed E-state index contributed by atoms with van der Waals surface area (Å²) in [7, 11) is 0. The fourth-order valence-electron chi connectivity index (χ4n) is 8.52. The Labute approximate surface area is 244 Å². The van der Waals surface area contributed by atoms with Crippen LogP contribution in [0.4, 0.5) is 0 Å². The van der Waals surface area contributed by atoms with Gasteiger partial charge in [-0.1, -0.05) is 26.2 Å². The van der Waals surface area contributed by atoms with Crippen molar-refractivity contribution in [3.8, 4) is 0 Å². The standard InChI is InChI=1S/C31H38O11/c1-15(2)26(9)22(39-19(6)33)30-16(3)29(13-12-21(34)40-25(29,7)8)14-20(38-18(5)32)27(30,10)28(11)23(35)37-17(4)31(28,42-30)24(36)41-26/h12-13,17,20,22H,1,3,14H2,2,4-11H3/t17-,20-,22-,26+,27-,28+,29+,30?,31-/m0/s1. The zero-order chi connectivity index (χ0) is 31.6. The molecular weight excluding hydrogens is 548 g/mol. The van der Waals surface area contributed by atoms with E-state index in [-0.39, 0.29) is 12.0 Å². The van der Waals surface area contributed by atoms with E-state index in [0.717, 1.165) is 0 Å². The maximum atomic E-state index is 14.5. The summed E-state index contributed by atoms with van der Waals surface area (Å²) in [6, 6.07) is 0. The number of carbonyl (C=O) groups is 5. The Bertz CT molecular complexity index is 1410. The number of carbonyl (C=O) groups excluding carboxylic acids is 5. The molecule has 11 nitrogen and oxygen atoms in total. The zero-order valence-electron chi connectivity index (χ0n) is 25.5. The highest BCUT2D eigenvalue weighted by Crippen LogP contribution is 2.79. The number of hydrogen-bond acceptors (Lipinski definition) is 11. The summed E-state index contributed by atoms with van der Waals surface area (Å²) < 4.78 is 36.9. The summed E-state index contributed by atoms with van der Waals surface area (Å²) in [6.45, 7) is 22.3. The van der Waals surface area contributed by atoms with Crippen LogP contribution >= 0.6 is 0 Å². The maximum absolute atomic E-state index is 14.5. The Morgan fingerprint density at radius 1 is 0.929 bits per heavy atom. The van der Waals surface area contributed by atoms with Crippen molar-refractivity contribution in [3.05, 3.63) is 36.5 Å². The fraction of sp³-hybridized carbons (Fsp3) is 0.645. The van der Waals surface area contributed by atoms with E-state index < -0.39 is 86.8 Å². The first-order chi connectivity index (χ1) is 19.2. The van der Waals surface area contributed by atoms with E-state index in [1.54, 1.807) is 40.7 Å². The quantitative estimate of drug-likeness (QED) is 0.274. The number of esters is 5. The first-order valence-corrected chi connectivity index (χ1v) is 13.9. The average molecular weight is 587 g/mol. The van der Waals surface area contributed by atoms with Gasteiger partial charge in [0, 0.05) is 26.3 Å². The minimum Gasteiger partial charge on any atom is -0.462 e. The van der Waals surface area contributed by atoms with E-state index in [2.05, 4.69) is 13.2 Å². The van der Waals surface area contributed by atoms with E-state index in [9.17, 15) is 24.0 Å². The molecule has 0 aromatic carbocycles. The highest BCUT2D eigenvalue weighted by Gasteiger charge is 2.95. The minimum atomic E-state index is -2.09. The number of rotatable bonds is 3. The molecule has 4 fully saturated rings. The molecule has 0 amide bonds. The molecule has 228 valence electrons. The Hall–Kier alpha value is -3.47. The van der Waals surface area contributed by atoms with Crippen molar-refractivity contribution in [2.75, 3.05) is 0 Å². The van der Waals surface area contributed by atoms with Gasteiger partial charge in [0.05, 0.1) is 10.8 Å². The Balaban J connectivity index is 2.01. The molecule has 0 N–H and O–H groups in total. The van der Waals surface area contributed by atoms with Crippen molar-refractivity contribution in [1.82, 2.24) is 0 Å². The highest BCUT2D eigenvalue weighted by molar-refractivity contribution is 5.98. The molecule has 0 radical (unpaired) electrons. The van der Waals surface area contributed by atoms with E-state index in [1.807, 2.05) is 0 Å². The molecule has 0 aromatic heterocycles. The van der Waals surface area contributed by atoms with Crippen LogP contribution in [0.5, 0.6) is 0 Å². The largest absolute Gasteiger partial charge is 0.462 e. The van der Waals surface area contributed by atoms with E-state index in [0.29, 0.717) is 5.57 Å². The van der Waals surface area contributed by atoms with Crippen LogP contribution in [0.2, 0.25) is 0 Å². The molecule has 3 saturated heterocycles. The Kier molecular flexibility index (Phi) is 5.95. The van der Waals surface area contributed by atoms with Crippen LogP contribution in [-0.2, 0) is 52.4 Å². The van der Waals surface area contributed by atoms with Crippen molar-refractivity contribution in [1.29, 1.82) is 0 Å². The summed E-state index contributed by atoms with van der Waals surface area (Å²) in [5, 5.41) is 0. The first kappa shape index (κ1) is 30.0. The SMILES string of the molecule is C=C(C)[C@@]1(C)OC(=O)[C@]23OC4(C(=C)[C@@]5(C=CC(=O)OC5(C)C)C[C@H](OC(C)=O)[C@@]4(C)[C@@]2(C)C(=O)O[C@H]3C)[C@H]1OC(C)=O. The lowest BCUT2D eigenvalue weighted by Crippen LogP contribution is -2.76. The normalized spacial score (nSPS) is 46.5. The van der Waals surface area contributed by atoms with Gasteiger partial charge >= 0.3 is 29.8 Å². The van der Waals surface area contributed by atoms with Crippen LogP contribution in [-0.4, -0.2) is 70.6 Å². The molecule has 5 aliphatic rings.